The van der Waals surface area contributed by atoms with Crippen LogP contribution in [0.4, 0.5) is 4.79 Å². The number of rotatable bonds is 3. The van der Waals surface area contributed by atoms with Gasteiger partial charge in [0.2, 0.25) is 0 Å². The predicted octanol–water partition coefficient (Wildman–Crippen LogP) is 3.31. The first kappa shape index (κ1) is 16.3. The summed E-state index contributed by atoms with van der Waals surface area (Å²) in [5.74, 6) is 0.332. The second-order valence-electron chi connectivity index (χ2n) is 7.29. The van der Waals surface area contributed by atoms with Gasteiger partial charge >= 0.3 is 6.03 Å². The summed E-state index contributed by atoms with van der Waals surface area (Å²) in [4.78, 5) is 14.5. The van der Waals surface area contributed by atoms with Crippen LogP contribution in [-0.4, -0.2) is 43.8 Å². The molecule has 4 heteroatoms. The van der Waals surface area contributed by atoms with Gasteiger partial charge < -0.3 is 15.0 Å². The average molecular weight is 316 g/mol. The quantitative estimate of drug-likeness (QED) is 0.929. The largest absolute Gasteiger partial charge is 0.381 e. The van der Waals surface area contributed by atoms with Gasteiger partial charge in [-0.2, -0.15) is 0 Å². The van der Waals surface area contributed by atoms with Crippen molar-refractivity contribution >= 4 is 6.03 Å². The molecule has 4 nitrogen and oxygen atoms in total. The molecule has 0 bridgehead atoms. The fourth-order valence-electron chi connectivity index (χ4n) is 3.77. The molecule has 0 aliphatic carbocycles. The summed E-state index contributed by atoms with van der Waals surface area (Å²) in [6.45, 7) is 8.42. The highest BCUT2D eigenvalue weighted by molar-refractivity contribution is 5.74. The SMILES string of the molecule is Cc1cccc(C(C)CNC(=O)N2CCC3(CCOCC3)C2)c1. The van der Waals surface area contributed by atoms with Crippen LogP contribution in [0.5, 0.6) is 0 Å². The molecule has 1 unspecified atom stereocenters. The highest BCUT2D eigenvalue weighted by Gasteiger charge is 2.40. The minimum atomic E-state index is 0.0906. The van der Waals surface area contributed by atoms with Crippen molar-refractivity contribution in [1.82, 2.24) is 10.2 Å². The van der Waals surface area contributed by atoms with Crippen molar-refractivity contribution in [3.63, 3.8) is 0 Å². The summed E-state index contributed by atoms with van der Waals surface area (Å²) in [6, 6.07) is 8.61. The summed E-state index contributed by atoms with van der Waals surface area (Å²) >= 11 is 0. The van der Waals surface area contributed by atoms with E-state index in [2.05, 4.69) is 43.4 Å². The van der Waals surface area contributed by atoms with Crippen molar-refractivity contribution in [1.29, 1.82) is 0 Å². The van der Waals surface area contributed by atoms with E-state index in [-0.39, 0.29) is 6.03 Å². The van der Waals surface area contributed by atoms with Crippen LogP contribution in [0.1, 0.15) is 43.2 Å². The number of amides is 2. The number of ether oxygens (including phenoxy) is 1. The Labute approximate surface area is 139 Å². The summed E-state index contributed by atoms with van der Waals surface area (Å²) in [5, 5.41) is 3.12. The van der Waals surface area contributed by atoms with Gasteiger partial charge in [-0.3, -0.25) is 0 Å². The summed E-state index contributed by atoms with van der Waals surface area (Å²) in [5.41, 5.74) is 2.87. The van der Waals surface area contributed by atoms with Crippen molar-refractivity contribution in [3.8, 4) is 0 Å². The molecule has 1 aromatic carbocycles. The summed E-state index contributed by atoms with van der Waals surface area (Å²) in [7, 11) is 0. The maximum Gasteiger partial charge on any atom is 0.317 e. The molecular formula is C19H28N2O2. The number of hydrogen-bond acceptors (Lipinski definition) is 2. The molecule has 1 aromatic rings. The third-order valence-corrected chi connectivity index (χ3v) is 5.45. The van der Waals surface area contributed by atoms with Gasteiger partial charge in [0.25, 0.3) is 0 Å². The minimum Gasteiger partial charge on any atom is -0.381 e. The number of aryl methyl sites for hydroxylation is 1. The molecule has 2 aliphatic heterocycles. The van der Waals surface area contributed by atoms with Gasteiger partial charge in [0.05, 0.1) is 0 Å². The lowest BCUT2D eigenvalue weighted by molar-refractivity contribution is 0.0209. The van der Waals surface area contributed by atoms with E-state index in [0.29, 0.717) is 17.9 Å². The lowest BCUT2D eigenvalue weighted by Gasteiger charge is -2.33. The Kier molecular flexibility index (Phi) is 4.90. The molecule has 2 amide bonds. The van der Waals surface area contributed by atoms with Crippen LogP contribution < -0.4 is 5.32 Å². The first-order valence-electron chi connectivity index (χ1n) is 8.75. The fourth-order valence-corrected chi connectivity index (χ4v) is 3.77. The Morgan fingerprint density at radius 3 is 2.87 bits per heavy atom. The van der Waals surface area contributed by atoms with Crippen LogP contribution >= 0.6 is 0 Å². The van der Waals surface area contributed by atoms with Crippen LogP contribution in [-0.2, 0) is 4.74 Å². The van der Waals surface area contributed by atoms with E-state index < -0.39 is 0 Å². The molecule has 126 valence electrons. The van der Waals surface area contributed by atoms with Gasteiger partial charge in [-0.25, -0.2) is 4.79 Å². The topological polar surface area (TPSA) is 41.6 Å². The van der Waals surface area contributed by atoms with E-state index in [9.17, 15) is 4.79 Å². The summed E-state index contributed by atoms with van der Waals surface area (Å²) < 4.78 is 5.47. The molecule has 0 radical (unpaired) electrons. The number of carbonyl (C=O) groups excluding carboxylic acids is 1. The zero-order valence-corrected chi connectivity index (χ0v) is 14.3. The van der Waals surface area contributed by atoms with Crippen LogP contribution in [0.25, 0.3) is 0 Å². The monoisotopic (exact) mass is 316 g/mol. The van der Waals surface area contributed by atoms with E-state index in [4.69, 9.17) is 4.74 Å². The van der Waals surface area contributed by atoms with Crippen LogP contribution in [0.2, 0.25) is 0 Å². The van der Waals surface area contributed by atoms with Gasteiger partial charge in [-0.1, -0.05) is 36.8 Å². The van der Waals surface area contributed by atoms with Gasteiger partial charge in [0.1, 0.15) is 0 Å². The standard InChI is InChI=1S/C19H28N2O2/c1-15-4-3-5-17(12-15)16(2)13-20-18(22)21-9-6-19(14-21)7-10-23-11-8-19/h3-5,12,16H,6-11,13-14H2,1-2H3,(H,20,22). The Bertz CT molecular complexity index is 552. The number of nitrogens with one attached hydrogen (secondary N) is 1. The first-order valence-corrected chi connectivity index (χ1v) is 8.75. The lowest BCUT2D eigenvalue weighted by atomic mass is 9.80. The second-order valence-corrected chi connectivity index (χ2v) is 7.29. The zero-order chi connectivity index (χ0) is 16.3. The summed E-state index contributed by atoms with van der Waals surface area (Å²) in [6.07, 6.45) is 3.31. The third kappa shape index (κ3) is 3.86. The highest BCUT2D eigenvalue weighted by atomic mass is 16.5. The first-order chi connectivity index (χ1) is 11.1. The Balaban J connectivity index is 1.50. The lowest BCUT2D eigenvalue weighted by Crippen LogP contribution is -2.42. The molecule has 2 aliphatic rings. The third-order valence-electron chi connectivity index (χ3n) is 5.45. The maximum absolute atomic E-state index is 12.5. The number of nitrogens with zero attached hydrogens (tertiary/aromatic N) is 1. The van der Waals surface area contributed by atoms with Crippen molar-refractivity contribution in [3.05, 3.63) is 35.4 Å². The molecule has 3 rings (SSSR count). The van der Waals surface area contributed by atoms with Crippen molar-refractivity contribution in [2.24, 2.45) is 5.41 Å². The molecule has 1 N–H and O–H groups in total. The molecule has 1 spiro atoms. The number of hydrogen-bond donors (Lipinski definition) is 1. The van der Waals surface area contributed by atoms with Crippen LogP contribution in [0.3, 0.4) is 0 Å². The molecule has 23 heavy (non-hydrogen) atoms. The van der Waals surface area contributed by atoms with Gasteiger partial charge in [-0.15, -0.1) is 0 Å². The highest BCUT2D eigenvalue weighted by Crippen LogP contribution is 2.39. The molecule has 0 saturated carbocycles. The number of likely N-dealkylation sites (tertiary alicyclic amines) is 1. The van der Waals surface area contributed by atoms with Gasteiger partial charge in [0.15, 0.2) is 0 Å². The average Bonchev–Trinajstić information content (AvgIpc) is 2.96. The molecule has 2 heterocycles. The molecule has 2 fully saturated rings. The molecule has 2 saturated heterocycles. The number of urea groups is 1. The Hall–Kier alpha value is -1.55. The molecule has 0 aromatic heterocycles. The van der Waals surface area contributed by atoms with Gasteiger partial charge in [-0.05, 0) is 43.1 Å². The van der Waals surface area contributed by atoms with E-state index in [1.54, 1.807) is 0 Å². The Morgan fingerprint density at radius 2 is 2.13 bits per heavy atom. The van der Waals surface area contributed by atoms with Crippen LogP contribution in [0, 0.1) is 12.3 Å². The van der Waals surface area contributed by atoms with Gasteiger partial charge in [0, 0.05) is 32.8 Å². The molecule has 1 atom stereocenters. The van der Waals surface area contributed by atoms with Crippen LogP contribution in [0.15, 0.2) is 24.3 Å². The molecular weight excluding hydrogens is 288 g/mol. The normalized spacial score (nSPS) is 21.4. The fraction of sp³-hybridized carbons (Fsp3) is 0.632. The second kappa shape index (κ2) is 6.91. The predicted molar refractivity (Wildman–Crippen MR) is 91.7 cm³/mol. The smallest absolute Gasteiger partial charge is 0.317 e. The Morgan fingerprint density at radius 1 is 1.35 bits per heavy atom. The van der Waals surface area contributed by atoms with Crippen molar-refractivity contribution in [2.45, 2.75) is 39.0 Å². The van der Waals surface area contributed by atoms with E-state index in [0.717, 1.165) is 45.6 Å². The van der Waals surface area contributed by atoms with Crippen molar-refractivity contribution in [2.75, 3.05) is 32.8 Å². The minimum absolute atomic E-state index is 0.0906. The van der Waals surface area contributed by atoms with E-state index >= 15 is 0 Å². The van der Waals surface area contributed by atoms with Crippen molar-refractivity contribution < 1.29 is 9.53 Å². The maximum atomic E-state index is 12.5. The van der Waals surface area contributed by atoms with E-state index in [1.165, 1.54) is 11.1 Å². The number of carbonyl (C=O) groups is 1. The number of benzene rings is 1. The zero-order valence-electron chi connectivity index (χ0n) is 14.3. The van der Waals surface area contributed by atoms with E-state index in [1.807, 2.05) is 4.90 Å².